The summed E-state index contributed by atoms with van der Waals surface area (Å²) in [6, 6.07) is 8.86. The number of nitrogens with one attached hydrogen (secondary N) is 1. The monoisotopic (exact) mass is 319 g/mol. The number of aryl methyl sites for hydroxylation is 2. The SMILES string of the molecule is Cc1ccc(C)c(OCC(=O)N[C@@H](C)c2ccc(F)c(F)c2)c1. The third-order valence-electron chi connectivity index (χ3n) is 3.52. The van der Waals surface area contributed by atoms with Crippen molar-refractivity contribution in [1.29, 1.82) is 0 Å². The first-order valence-electron chi connectivity index (χ1n) is 7.31. The van der Waals surface area contributed by atoms with E-state index in [1.807, 2.05) is 32.0 Å². The number of halogens is 2. The van der Waals surface area contributed by atoms with E-state index in [2.05, 4.69) is 5.32 Å². The van der Waals surface area contributed by atoms with Gasteiger partial charge in [-0.1, -0.05) is 18.2 Å². The van der Waals surface area contributed by atoms with E-state index in [0.29, 0.717) is 11.3 Å². The minimum Gasteiger partial charge on any atom is -0.483 e. The molecule has 2 aromatic rings. The highest BCUT2D eigenvalue weighted by Crippen LogP contribution is 2.19. The van der Waals surface area contributed by atoms with Crippen molar-refractivity contribution in [3.05, 3.63) is 64.7 Å². The molecule has 1 atom stereocenters. The van der Waals surface area contributed by atoms with Crippen molar-refractivity contribution in [1.82, 2.24) is 5.32 Å². The highest BCUT2D eigenvalue weighted by atomic mass is 19.2. The van der Waals surface area contributed by atoms with Crippen molar-refractivity contribution in [2.45, 2.75) is 26.8 Å². The van der Waals surface area contributed by atoms with Gasteiger partial charge in [-0.05, 0) is 55.7 Å². The van der Waals surface area contributed by atoms with Crippen LogP contribution in [-0.4, -0.2) is 12.5 Å². The summed E-state index contributed by atoms with van der Waals surface area (Å²) in [5.74, 6) is -1.52. The van der Waals surface area contributed by atoms with E-state index in [-0.39, 0.29) is 12.5 Å². The van der Waals surface area contributed by atoms with Gasteiger partial charge in [-0.25, -0.2) is 8.78 Å². The molecule has 5 heteroatoms. The Labute approximate surface area is 134 Å². The Balaban J connectivity index is 1.93. The summed E-state index contributed by atoms with van der Waals surface area (Å²) < 4.78 is 31.7. The Morgan fingerprint density at radius 1 is 1.13 bits per heavy atom. The quantitative estimate of drug-likeness (QED) is 0.909. The molecule has 0 aliphatic heterocycles. The van der Waals surface area contributed by atoms with Gasteiger partial charge < -0.3 is 10.1 Å². The van der Waals surface area contributed by atoms with Crippen molar-refractivity contribution in [3.63, 3.8) is 0 Å². The molecule has 0 unspecified atom stereocenters. The summed E-state index contributed by atoms with van der Waals surface area (Å²) >= 11 is 0. The van der Waals surface area contributed by atoms with E-state index in [4.69, 9.17) is 4.74 Å². The topological polar surface area (TPSA) is 38.3 Å². The molecule has 0 heterocycles. The third kappa shape index (κ3) is 4.52. The summed E-state index contributed by atoms with van der Waals surface area (Å²) in [4.78, 5) is 11.9. The molecular weight excluding hydrogens is 300 g/mol. The standard InChI is InChI=1S/C18H19F2NO2/c1-11-4-5-12(2)17(8-11)23-10-18(22)21-13(3)14-6-7-15(19)16(20)9-14/h4-9,13H,10H2,1-3H3,(H,21,22)/t13-/m0/s1. The summed E-state index contributed by atoms with van der Waals surface area (Å²) in [6.45, 7) is 5.40. The molecule has 0 aliphatic carbocycles. The lowest BCUT2D eigenvalue weighted by atomic mass is 10.1. The van der Waals surface area contributed by atoms with Crippen LogP contribution in [0.5, 0.6) is 5.75 Å². The summed E-state index contributed by atoms with van der Waals surface area (Å²) in [5.41, 5.74) is 2.47. The van der Waals surface area contributed by atoms with E-state index in [0.717, 1.165) is 23.3 Å². The molecule has 0 fully saturated rings. The molecule has 2 aromatic carbocycles. The number of amides is 1. The fourth-order valence-corrected chi connectivity index (χ4v) is 2.15. The lowest BCUT2D eigenvalue weighted by molar-refractivity contribution is -0.123. The lowest BCUT2D eigenvalue weighted by Crippen LogP contribution is -2.31. The van der Waals surface area contributed by atoms with Crippen molar-refractivity contribution < 1.29 is 18.3 Å². The van der Waals surface area contributed by atoms with Crippen molar-refractivity contribution in [2.75, 3.05) is 6.61 Å². The fraction of sp³-hybridized carbons (Fsp3) is 0.278. The highest BCUT2D eigenvalue weighted by Gasteiger charge is 2.13. The lowest BCUT2D eigenvalue weighted by Gasteiger charge is -2.15. The average molecular weight is 319 g/mol. The van der Waals surface area contributed by atoms with Gasteiger partial charge in [0.2, 0.25) is 0 Å². The smallest absolute Gasteiger partial charge is 0.258 e. The van der Waals surface area contributed by atoms with Crippen molar-refractivity contribution >= 4 is 5.91 Å². The van der Waals surface area contributed by atoms with Gasteiger partial charge in [0.25, 0.3) is 5.91 Å². The van der Waals surface area contributed by atoms with Crippen LogP contribution < -0.4 is 10.1 Å². The van der Waals surface area contributed by atoms with Crippen LogP contribution in [0.15, 0.2) is 36.4 Å². The molecule has 1 amide bonds. The highest BCUT2D eigenvalue weighted by molar-refractivity contribution is 5.78. The first-order chi connectivity index (χ1) is 10.9. The first kappa shape index (κ1) is 16.9. The zero-order valence-corrected chi connectivity index (χ0v) is 13.3. The number of carbonyl (C=O) groups excluding carboxylic acids is 1. The fourth-order valence-electron chi connectivity index (χ4n) is 2.15. The van der Waals surface area contributed by atoms with Crippen LogP contribution in [0, 0.1) is 25.5 Å². The minimum absolute atomic E-state index is 0.141. The van der Waals surface area contributed by atoms with Crippen LogP contribution in [0.4, 0.5) is 8.78 Å². The van der Waals surface area contributed by atoms with Crippen LogP contribution in [0.3, 0.4) is 0 Å². The normalized spacial score (nSPS) is 11.9. The molecule has 0 saturated heterocycles. The van der Waals surface area contributed by atoms with E-state index < -0.39 is 17.7 Å². The third-order valence-corrected chi connectivity index (χ3v) is 3.52. The molecule has 0 radical (unpaired) electrons. The maximum atomic E-state index is 13.2. The second-order valence-electron chi connectivity index (χ2n) is 5.52. The zero-order valence-electron chi connectivity index (χ0n) is 13.3. The van der Waals surface area contributed by atoms with Crippen molar-refractivity contribution in [2.24, 2.45) is 0 Å². The molecule has 0 saturated carbocycles. The van der Waals surface area contributed by atoms with Crippen LogP contribution in [0.25, 0.3) is 0 Å². The van der Waals surface area contributed by atoms with Gasteiger partial charge >= 0.3 is 0 Å². The van der Waals surface area contributed by atoms with Gasteiger partial charge in [-0.3, -0.25) is 4.79 Å². The predicted octanol–water partition coefficient (Wildman–Crippen LogP) is 3.84. The second-order valence-corrected chi connectivity index (χ2v) is 5.52. The van der Waals surface area contributed by atoms with E-state index in [9.17, 15) is 13.6 Å². The number of hydrogen-bond acceptors (Lipinski definition) is 2. The van der Waals surface area contributed by atoms with Crippen LogP contribution in [0.1, 0.15) is 29.7 Å². The number of ether oxygens (including phenoxy) is 1. The summed E-state index contributed by atoms with van der Waals surface area (Å²) in [6.07, 6.45) is 0. The Morgan fingerprint density at radius 3 is 2.57 bits per heavy atom. The molecule has 0 aliphatic rings. The number of rotatable bonds is 5. The van der Waals surface area contributed by atoms with Crippen LogP contribution in [-0.2, 0) is 4.79 Å². The summed E-state index contributed by atoms with van der Waals surface area (Å²) in [5, 5.41) is 2.69. The maximum Gasteiger partial charge on any atom is 0.258 e. The molecule has 3 nitrogen and oxygen atoms in total. The zero-order chi connectivity index (χ0) is 17.0. The Bertz CT molecular complexity index is 716. The number of benzene rings is 2. The minimum atomic E-state index is -0.935. The molecular formula is C18H19F2NO2. The van der Waals surface area contributed by atoms with Crippen LogP contribution in [0.2, 0.25) is 0 Å². The van der Waals surface area contributed by atoms with Gasteiger partial charge in [-0.2, -0.15) is 0 Å². The Kier molecular flexibility index (Phi) is 5.32. The number of hydrogen-bond donors (Lipinski definition) is 1. The number of carbonyl (C=O) groups is 1. The van der Waals surface area contributed by atoms with Gasteiger partial charge in [0.05, 0.1) is 6.04 Å². The molecule has 0 bridgehead atoms. The predicted molar refractivity (Wildman–Crippen MR) is 84.3 cm³/mol. The Hall–Kier alpha value is -2.43. The average Bonchev–Trinajstić information content (AvgIpc) is 2.50. The first-order valence-corrected chi connectivity index (χ1v) is 7.31. The molecule has 23 heavy (non-hydrogen) atoms. The molecule has 0 aromatic heterocycles. The summed E-state index contributed by atoms with van der Waals surface area (Å²) in [7, 11) is 0. The van der Waals surface area contributed by atoms with Crippen molar-refractivity contribution in [3.8, 4) is 5.75 Å². The molecule has 1 N–H and O–H groups in total. The van der Waals surface area contributed by atoms with E-state index in [1.165, 1.54) is 6.07 Å². The second kappa shape index (κ2) is 7.22. The maximum absolute atomic E-state index is 13.2. The molecule has 2 rings (SSSR count). The largest absolute Gasteiger partial charge is 0.483 e. The van der Waals surface area contributed by atoms with Crippen LogP contribution >= 0.6 is 0 Å². The van der Waals surface area contributed by atoms with Gasteiger partial charge in [-0.15, -0.1) is 0 Å². The van der Waals surface area contributed by atoms with Gasteiger partial charge in [0, 0.05) is 0 Å². The van der Waals surface area contributed by atoms with Gasteiger partial charge in [0.15, 0.2) is 18.2 Å². The van der Waals surface area contributed by atoms with E-state index >= 15 is 0 Å². The molecule has 122 valence electrons. The van der Waals surface area contributed by atoms with Gasteiger partial charge in [0.1, 0.15) is 5.75 Å². The Morgan fingerprint density at radius 2 is 1.87 bits per heavy atom. The van der Waals surface area contributed by atoms with E-state index in [1.54, 1.807) is 6.92 Å². The molecule has 0 spiro atoms.